The molecule has 1 heterocycles. The van der Waals surface area contributed by atoms with E-state index in [1.54, 1.807) is 18.2 Å². The summed E-state index contributed by atoms with van der Waals surface area (Å²) in [5, 5.41) is 3.89. The summed E-state index contributed by atoms with van der Waals surface area (Å²) in [5.41, 5.74) is 0.572. The first-order valence-corrected chi connectivity index (χ1v) is 7.67. The first kappa shape index (κ1) is 15.6. The highest BCUT2D eigenvalue weighted by molar-refractivity contribution is 6.35. The van der Waals surface area contributed by atoms with Gasteiger partial charge in [-0.15, -0.1) is 0 Å². The number of amides is 1. The summed E-state index contributed by atoms with van der Waals surface area (Å²) in [4.78, 5) is 14.3. The summed E-state index contributed by atoms with van der Waals surface area (Å²) in [7, 11) is 0. The molecule has 1 fully saturated rings. The van der Waals surface area contributed by atoms with Gasteiger partial charge in [-0.1, -0.05) is 37.0 Å². The zero-order valence-electron chi connectivity index (χ0n) is 11.8. The van der Waals surface area contributed by atoms with Crippen molar-refractivity contribution in [1.29, 1.82) is 0 Å². The number of hydrogen-bond acceptors (Lipinski definition) is 2. The van der Waals surface area contributed by atoms with E-state index in [0.717, 1.165) is 13.1 Å². The summed E-state index contributed by atoms with van der Waals surface area (Å²) in [6.45, 7) is 6.81. The number of nitrogens with one attached hydrogen (secondary N) is 1. The third-order valence-electron chi connectivity index (χ3n) is 3.51. The zero-order valence-corrected chi connectivity index (χ0v) is 13.3. The van der Waals surface area contributed by atoms with Crippen molar-refractivity contribution in [2.75, 3.05) is 25.0 Å². The molecule has 1 saturated heterocycles. The highest BCUT2D eigenvalue weighted by Crippen LogP contribution is 2.25. The summed E-state index contributed by atoms with van der Waals surface area (Å²) >= 11 is 12.0. The third-order valence-corrected chi connectivity index (χ3v) is 4.08. The Morgan fingerprint density at radius 3 is 2.60 bits per heavy atom. The van der Waals surface area contributed by atoms with Gasteiger partial charge in [-0.05, 0) is 36.5 Å². The van der Waals surface area contributed by atoms with Crippen LogP contribution in [-0.2, 0) is 4.79 Å². The number of piperidine rings is 1. The second-order valence-corrected chi connectivity index (χ2v) is 6.66. The number of nitrogens with zero attached hydrogens (tertiary/aromatic N) is 1. The van der Waals surface area contributed by atoms with E-state index in [1.165, 1.54) is 6.42 Å². The monoisotopic (exact) mass is 314 g/mol. The Bertz CT molecular complexity index is 483. The van der Waals surface area contributed by atoms with Gasteiger partial charge in [0.25, 0.3) is 0 Å². The topological polar surface area (TPSA) is 32.3 Å². The lowest BCUT2D eigenvalue weighted by Crippen LogP contribution is -2.42. The van der Waals surface area contributed by atoms with Crippen molar-refractivity contribution in [1.82, 2.24) is 4.90 Å². The zero-order chi connectivity index (χ0) is 14.7. The maximum absolute atomic E-state index is 12.1. The van der Waals surface area contributed by atoms with E-state index < -0.39 is 0 Å². The molecule has 0 spiro atoms. The molecule has 2 rings (SSSR count). The molecule has 0 aliphatic carbocycles. The minimum atomic E-state index is -0.0459. The number of carbonyl (C=O) groups is 1. The molecule has 110 valence electrons. The Morgan fingerprint density at radius 1 is 1.30 bits per heavy atom. The van der Waals surface area contributed by atoms with Crippen LogP contribution in [0.5, 0.6) is 0 Å². The lowest BCUT2D eigenvalue weighted by molar-refractivity contribution is -0.117. The quantitative estimate of drug-likeness (QED) is 0.917. The Balaban J connectivity index is 1.93. The van der Waals surface area contributed by atoms with Gasteiger partial charge in [0.2, 0.25) is 5.91 Å². The Labute approximate surface area is 130 Å². The van der Waals surface area contributed by atoms with Gasteiger partial charge in [0.1, 0.15) is 0 Å². The normalized spacial score (nSPS) is 23.6. The second kappa shape index (κ2) is 6.79. The van der Waals surface area contributed by atoms with Crippen LogP contribution in [-0.4, -0.2) is 30.4 Å². The van der Waals surface area contributed by atoms with Gasteiger partial charge < -0.3 is 5.32 Å². The van der Waals surface area contributed by atoms with E-state index in [2.05, 4.69) is 24.1 Å². The summed E-state index contributed by atoms with van der Waals surface area (Å²) in [5.74, 6) is 1.23. The van der Waals surface area contributed by atoms with Gasteiger partial charge in [-0.25, -0.2) is 0 Å². The maximum Gasteiger partial charge on any atom is 0.238 e. The van der Waals surface area contributed by atoms with E-state index in [-0.39, 0.29) is 5.91 Å². The number of benzene rings is 1. The first-order valence-electron chi connectivity index (χ1n) is 6.91. The average molecular weight is 315 g/mol. The van der Waals surface area contributed by atoms with Crippen molar-refractivity contribution in [2.24, 2.45) is 11.8 Å². The van der Waals surface area contributed by atoms with Crippen LogP contribution in [0.2, 0.25) is 10.0 Å². The number of carbonyl (C=O) groups excluding carboxylic acids is 1. The van der Waals surface area contributed by atoms with Crippen molar-refractivity contribution >= 4 is 34.8 Å². The molecule has 1 N–H and O–H groups in total. The molecule has 0 bridgehead atoms. The van der Waals surface area contributed by atoms with Crippen LogP contribution in [0.25, 0.3) is 0 Å². The molecule has 1 aliphatic heterocycles. The molecule has 3 nitrogen and oxygen atoms in total. The molecule has 5 heteroatoms. The van der Waals surface area contributed by atoms with E-state index >= 15 is 0 Å². The smallest absolute Gasteiger partial charge is 0.238 e. The van der Waals surface area contributed by atoms with E-state index in [0.29, 0.717) is 34.1 Å². The molecule has 1 aliphatic rings. The Hall–Kier alpha value is -0.770. The van der Waals surface area contributed by atoms with Crippen molar-refractivity contribution in [3.63, 3.8) is 0 Å². The fourth-order valence-electron chi connectivity index (χ4n) is 2.91. The molecule has 20 heavy (non-hydrogen) atoms. The molecular formula is C15H20Cl2N2O. The van der Waals surface area contributed by atoms with Crippen LogP contribution >= 0.6 is 23.2 Å². The summed E-state index contributed by atoms with van der Waals surface area (Å²) in [6.07, 6.45) is 1.23. The van der Waals surface area contributed by atoms with Crippen molar-refractivity contribution in [2.45, 2.75) is 20.3 Å². The van der Waals surface area contributed by atoms with Crippen LogP contribution < -0.4 is 5.32 Å². The molecule has 1 aromatic carbocycles. The summed E-state index contributed by atoms with van der Waals surface area (Å²) in [6, 6.07) is 5.06. The Morgan fingerprint density at radius 2 is 1.95 bits per heavy atom. The van der Waals surface area contributed by atoms with Crippen LogP contribution in [0.1, 0.15) is 20.3 Å². The molecule has 0 aromatic heterocycles. The van der Waals surface area contributed by atoms with Gasteiger partial charge >= 0.3 is 0 Å². The molecular weight excluding hydrogens is 295 g/mol. The SMILES string of the molecule is C[C@@H]1C[C@H](C)CN(CC(=O)Nc2cc(Cl)ccc2Cl)C1. The number of hydrogen-bond donors (Lipinski definition) is 1. The van der Waals surface area contributed by atoms with Gasteiger partial charge in [0, 0.05) is 18.1 Å². The van der Waals surface area contributed by atoms with Gasteiger partial charge in [0.15, 0.2) is 0 Å². The highest BCUT2D eigenvalue weighted by Gasteiger charge is 2.23. The number of rotatable bonds is 3. The molecule has 2 atom stereocenters. The van der Waals surface area contributed by atoms with E-state index in [9.17, 15) is 4.79 Å². The molecule has 1 aromatic rings. The van der Waals surface area contributed by atoms with Crippen LogP contribution in [0.4, 0.5) is 5.69 Å². The number of anilines is 1. The van der Waals surface area contributed by atoms with Crippen molar-refractivity contribution < 1.29 is 4.79 Å². The maximum atomic E-state index is 12.1. The lowest BCUT2D eigenvalue weighted by Gasteiger charge is -2.34. The van der Waals surface area contributed by atoms with Gasteiger partial charge in [0.05, 0.1) is 17.3 Å². The third kappa shape index (κ3) is 4.37. The predicted molar refractivity (Wildman–Crippen MR) is 84.5 cm³/mol. The molecule has 0 unspecified atom stereocenters. The summed E-state index contributed by atoms with van der Waals surface area (Å²) < 4.78 is 0. The number of halogens is 2. The van der Waals surface area contributed by atoms with Crippen molar-refractivity contribution in [3.8, 4) is 0 Å². The van der Waals surface area contributed by atoms with E-state index in [4.69, 9.17) is 23.2 Å². The van der Waals surface area contributed by atoms with Crippen molar-refractivity contribution in [3.05, 3.63) is 28.2 Å². The second-order valence-electron chi connectivity index (χ2n) is 5.81. The molecule has 1 amide bonds. The Kier molecular flexibility index (Phi) is 5.30. The minimum Gasteiger partial charge on any atom is -0.324 e. The van der Waals surface area contributed by atoms with Gasteiger partial charge in [-0.3, -0.25) is 9.69 Å². The lowest BCUT2D eigenvalue weighted by atomic mass is 9.92. The van der Waals surface area contributed by atoms with Crippen LogP contribution in [0.3, 0.4) is 0 Å². The highest BCUT2D eigenvalue weighted by atomic mass is 35.5. The van der Waals surface area contributed by atoms with Crippen LogP contribution in [0.15, 0.2) is 18.2 Å². The first-order chi connectivity index (χ1) is 9.44. The van der Waals surface area contributed by atoms with Gasteiger partial charge in [-0.2, -0.15) is 0 Å². The number of likely N-dealkylation sites (tertiary alicyclic amines) is 1. The largest absolute Gasteiger partial charge is 0.324 e. The van der Waals surface area contributed by atoms with Crippen LogP contribution in [0, 0.1) is 11.8 Å². The van der Waals surface area contributed by atoms with E-state index in [1.807, 2.05) is 0 Å². The molecule has 0 radical (unpaired) electrons. The average Bonchev–Trinajstić information content (AvgIpc) is 2.32. The molecule has 0 saturated carbocycles. The fraction of sp³-hybridized carbons (Fsp3) is 0.533. The minimum absolute atomic E-state index is 0.0459. The standard InChI is InChI=1S/C15H20Cl2N2O/c1-10-5-11(2)8-19(7-10)9-15(20)18-14-6-12(16)3-4-13(14)17/h3-4,6,10-11H,5,7-9H2,1-2H3,(H,18,20)/t10-,11+. The fourth-order valence-corrected chi connectivity index (χ4v) is 3.24. The predicted octanol–water partition coefficient (Wildman–Crippen LogP) is 3.91.